The normalized spacial score (nSPS) is 12.1. The molecule has 136 valence electrons. The van der Waals surface area contributed by atoms with Crippen LogP contribution in [0.3, 0.4) is 0 Å². The second kappa shape index (κ2) is 6.90. The topological polar surface area (TPSA) is 106 Å². The van der Waals surface area contributed by atoms with Crippen LogP contribution in [0.25, 0.3) is 10.9 Å². The molecule has 0 aliphatic heterocycles. The molecule has 0 radical (unpaired) electrons. The van der Waals surface area contributed by atoms with Crippen LogP contribution in [0.4, 0.5) is 22.0 Å². The lowest BCUT2D eigenvalue weighted by Crippen LogP contribution is -2.13. The van der Waals surface area contributed by atoms with Crippen LogP contribution in [-0.2, 0) is 7.05 Å². The van der Waals surface area contributed by atoms with Gasteiger partial charge in [0.1, 0.15) is 17.5 Å². The Bertz CT molecular complexity index is 1080. The van der Waals surface area contributed by atoms with E-state index in [4.69, 9.17) is 0 Å². The first kappa shape index (κ1) is 16.8. The summed E-state index contributed by atoms with van der Waals surface area (Å²) in [5.41, 5.74) is 0.667. The molecular weight excluding hydrogens is 349 g/mol. The van der Waals surface area contributed by atoms with Gasteiger partial charge in [0.2, 0.25) is 5.95 Å². The molecule has 9 nitrogen and oxygen atoms in total. The minimum atomic E-state index is -0.485. The molecule has 4 heterocycles. The molecule has 27 heavy (non-hydrogen) atoms. The van der Waals surface area contributed by atoms with Crippen molar-refractivity contribution < 1.29 is 4.39 Å². The predicted octanol–water partition coefficient (Wildman–Crippen LogP) is 2.60. The van der Waals surface area contributed by atoms with Crippen molar-refractivity contribution in [2.45, 2.75) is 13.0 Å². The Morgan fingerprint density at radius 3 is 2.67 bits per heavy atom. The molecular formula is C17H16FN9. The zero-order valence-corrected chi connectivity index (χ0v) is 14.6. The van der Waals surface area contributed by atoms with E-state index in [-0.39, 0.29) is 6.04 Å². The number of pyridine rings is 1. The van der Waals surface area contributed by atoms with Gasteiger partial charge in [-0.3, -0.25) is 4.98 Å². The van der Waals surface area contributed by atoms with Gasteiger partial charge in [-0.1, -0.05) is 0 Å². The average molecular weight is 365 g/mol. The first-order valence-corrected chi connectivity index (χ1v) is 8.19. The molecule has 0 spiro atoms. The summed E-state index contributed by atoms with van der Waals surface area (Å²) in [7, 11) is 1.89. The lowest BCUT2D eigenvalue weighted by Gasteiger charge is -2.14. The summed E-state index contributed by atoms with van der Waals surface area (Å²) in [5, 5.41) is 7.15. The number of hydrogen-bond acceptors (Lipinski definition) is 8. The summed E-state index contributed by atoms with van der Waals surface area (Å²) in [6.45, 7) is 1.84. The Hall–Kier alpha value is -3.69. The van der Waals surface area contributed by atoms with E-state index >= 15 is 0 Å². The maximum Gasteiger partial charge on any atom is 0.225 e. The van der Waals surface area contributed by atoms with Gasteiger partial charge in [0, 0.05) is 24.8 Å². The standard InChI is InChI=1S/C17H16FN9/c1-10(15-20-5-11(18)6-21-15)23-17-24-13-7-19-4-3-12(13)16(26-17)25-14-8-27(2)9-22-14/h3-10H,1-2H3,(H2,23,24,25,26)/t10-/m1/s1. The van der Waals surface area contributed by atoms with Crippen LogP contribution >= 0.6 is 0 Å². The molecule has 2 N–H and O–H groups in total. The minimum absolute atomic E-state index is 0.317. The molecule has 0 saturated heterocycles. The summed E-state index contributed by atoms with van der Waals surface area (Å²) in [6.07, 6.45) is 9.12. The van der Waals surface area contributed by atoms with E-state index in [0.717, 1.165) is 17.8 Å². The highest BCUT2D eigenvalue weighted by molar-refractivity contribution is 5.90. The Labute approximate surface area is 153 Å². The van der Waals surface area contributed by atoms with E-state index in [1.807, 2.05) is 30.8 Å². The maximum absolute atomic E-state index is 13.0. The van der Waals surface area contributed by atoms with E-state index < -0.39 is 5.82 Å². The van der Waals surface area contributed by atoms with Crippen molar-refractivity contribution in [2.24, 2.45) is 7.05 Å². The van der Waals surface area contributed by atoms with E-state index in [9.17, 15) is 4.39 Å². The molecule has 0 bridgehead atoms. The van der Waals surface area contributed by atoms with Gasteiger partial charge < -0.3 is 15.2 Å². The number of nitrogens with one attached hydrogen (secondary N) is 2. The van der Waals surface area contributed by atoms with Gasteiger partial charge in [0.15, 0.2) is 5.82 Å². The van der Waals surface area contributed by atoms with Crippen LogP contribution in [0.2, 0.25) is 0 Å². The smallest absolute Gasteiger partial charge is 0.225 e. The largest absolute Gasteiger partial charge is 0.344 e. The van der Waals surface area contributed by atoms with Crippen LogP contribution in [0, 0.1) is 5.82 Å². The van der Waals surface area contributed by atoms with Crippen LogP contribution in [0.15, 0.2) is 43.4 Å². The average Bonchev–Trinajstić information content (AvgIpc) is 3.07. The van der Waals surface area contributed by atoms with Crippen LogP contribution in [0.1, 0.15) is 18.8 Å². The molecule has 0 aliphatic carbocycles. The van der Waals surface area contributed by atoms with Gasteiger partial charge in [-0.05, 0) is 13.0 Å². The highest BCUT2D eigenvalue weighted by Gasteiger charge is 2.14. The molecule has 0 fully saturated rings. The summed E-state index contributed by atoms with van der Waals surface area (Å²) in [6, 6.07) is 1.51. The third kappa shape index (κ3) is 3.64. The lowest BCUT2D eigenvalue weighted by atomic mass is 10.3. The zero-order chi connectivity index (χ0) is 18.8. The predicted molar refractivity (Wildman–Crippen MR) is 97.9 cm³/mol. The maximum atomic E-state index is 13.0. The van der Waals surface area contributed by atoms with Crippen molar-refractivity contribution in [1.82, 2.24) is 34.5 Å². The van der Waals surface area contributed by atoms with Crippen LogP contribution in [0.5, 0.6) is 0 Å². The zero-order valence-electron chi connectivity index (χ0n) is 14.6. The Morgan fingerprint density at radius 1 is 1.11 bits per heavy atom. The number of rotatable bonds is 5. The lowest BCUT2D eigenvalue weighted by molar-refractivity contribution is 0.604. The second-order valence-electron chi connectivity index (χ2n) is 5.96. The third-order valence-corrected chi connectivity index (χ3v) is 3.82. The van der Waals surface area contributed by atoms with Crippen molar-refractivity contribution in [1.29, 1.82) is 0 Å². The Morgan fingerprint density at radius 2 is 1.93 bits per heavy atom. The number of hydrogen-bond donors (Lipinski definition) is 2. The van der Waals surface area contributed by atoms with E-state index in [0.29, 0.717) is 28.9 Å². The van der Waals surface area contributed by atoms with Crippen molar-refractivity contribution in [3.63, 3.8) is 0 Å². The van der Waals surface area contributed by atoms with Crippen molar-refractivity contribution in [3.05, 3.63) is 55.0 Å². The number of aryl methyl sites for hydroxylation is 1. The van der Waals surface area contributed by atoms with E-state index in [1.54, 1.807) is 18.7 Å². The molecule has 0 unspecified atom stereocenters. The summed E-state index contributed by atoms with van der Waals surface area (Å²) in [5.74, 6) is 1.58. The van der Waals surface area contributed by atoms with Gasteiger partial charge in [0.05, 0.1) is 36.5 Å². The van der Waals surface area contributed by atoms with Crippen molar-refractivity contribution in [2.75, 3.05) is 10.6 Å². The molecule has 0 amide bonds. The number of fused-ring (bicyclic) bond motifs is 1. The number of aromatic nitrogens is 7. The highest BCUT2D eigenvalue weighted by Crippen LogP contribution is 2.25. The molecule has 4 rings (SSSR count). The van der Waals surface area contributed by atoms with Gasteiger partial charge in [0.25, 0.3) is 0 Å². The van der Waals surface area contributed by atoms with Gasteiger partial charge >= 0.3 is 0 Å². The third-order valence-electron chi connectivity index (χ3n) is 3.82. The molecule has 10 heteroatoms. The number of nitrogens with zero attached hydrogens (tertiary/aromatic N) is 7. The molecule has 0 saturated carbocycles. The SMILES string of the molecule is C[C@@H](Nc1nc(Nc2cn(C)cn2)c2ccncc2n1)c1ncc(F)cn1. The van der Waals surface area contributed by atoms with Crippen molar-refractivity contribution in [3.8, 4) is 0 Å². The summed E-state index contributed by atoms with van der Waals surface area (Å²) >= 11 is 0. The minimum Gasteiger partial charge on any atom is -0.344 e. The fourth-order valence-electron chi connectivity index (χ4n) is 2.54. The molecule has 0 aliphatic rings. The van der Waals surface area contributed by atoms with Crippen LogP contribution in [-0.4, -0.2) is 34.5 Å². The molecule has 0 aromatic carbocycles. The molecule has 1 atom stereocenters. The summed E-state index contributed by atoms with van der Waals surface area (Å²) in [4.78, 5) is 25.4. The summed E-state index contributed by atoms with van der Waals surface area (Å²) < 4.78 is 14.9. The first-order valence-electron chi connectivity index (χ1n) is 8.19. The van der Waals surface area contributed by atoms with Gasteiger partial charge in [-0.2, -0.15) is 4.98 Å². The first-order chi connectivity index (χ1) is 13.1. The van der Waals surface area contributed by atoms with Gasteiger partial charge in [-0.15, -0.1) is 0 Å². The fourth-order valence-corrected chi connectivity index (χ4v) is 2.54. The van der Waals surface area contributed by atoms with Crippen molar-refractivity contribution >= 4 is 28.5 Å². The van der Waals surface area contributed by atoms with Crippen LogP contribution < -0.4 is 10.6 Å². The Balaban J connectivity index is 1.67. The van der Waals surface area contributed by atoms with E-state index in [2.05, 4.69) is 40.5 Å². The molecule has 4 aromatic heterocycles. The van der Waals surface area contributed by atoms with Gasteiger partial charge in [-0.25, -0.2) is 24.3 Å². The quantitative estimate of drug-likeness (QED) is 0.556. The Kier molecular flexibility index (Phi) is 4.29. The number of imidazole rings is 1. The van der Waals surface area contributed by atoms with E-state index in [1.165, 1.54) is 0 Å². The highest BCUT2D eigenvalue weighted by atomic mass is 19.1. The number of halogens is 1. The second-order valence-corrected chi connectivity index (χ2v) is 5.96. The fraction of sp³-hybridized carbons (Fsp3) is 0.176. The number of anilines is 3. The molecule has 4 aromatic rings. The monoisotopic (exact) mass is 365 g/mol.